The lowest BCUT2D eigenvalue weighted by molar-refractivity contribution is -0.133. The maximum absolute atomic E-state index is 14.3. The van der Waals surface area contributed by atoms with Crippen LogP contribution in [-0.2, 0) is 9.59 Å². The Kier molecular flexibility index (Phi) is 4.99. The van der Waals surface area contributed by atoms with Crippen molar-refractivity contribution in [2.75, 3.05) is 11.9 Å². The number of rotatable bonds is 4. The fraction of sp³-hybridized carbons (Fsp3) is 0.474. The van der Waals surface area contributed by atoms with E-state index in [0.29, 0.717) is 6.42 Å². The van der Waals surface area contributed by atoms with Crippen LogP contribution in [0.15, 0.2) is 18.2 Å². The number of imide groups is 1. The molecular weight excluding hydrogens is 353 g/mol. The van der Waals surface area contributed by atoms with Gasteiger partial charge < -0.3 is 10.6 Å². The number of nitrogens with zero attached hydrogens (tertiary/aromatic N) is 1. The Bertz CT molecular complexity index is 825. The summed E-state index contributed by atoms with van der Waals surface area (Å²) in [6.07, 6.45) is 3.20. The molecule has 8 heteroatoms. The minimum atomic E-state index is -0.955. The maximum atomic E-state index is 14.3. The summed E-state index contributed by atoms with van der Waals surface area (Å²) in [5, 5.41) is 5.19. The molecule has 2 N–H and O–H groups in total. The van der Waals surface area contributed by atoms with Gasteiger partial charge in [-0.25, -0.2) is 9.18 Å². The first-order chi connectivity index (χ1) is 12.7. The standard InChI is InChI=1S/C19H22FN3O4/c1-11-5-3-4-8-19(11)17(26)23(18(27)22-19)10-16(25)14-7-6-13(9-15(14)20)21-12(2)24/h6-7,9,11H,3-5,8,10H2,1-2H3,(H,21,24)(H,22,27)/t11-,19-/m1/s1. The van der Waals surface area contributed by atoms with Gasteiger partial charge in [-0.15, -0.1) is 0 Å². The van der Waals surface area contributed by atoms with Crippen LogP contribution in [0.4, 0.5) is 14.9 Å². The van der Waals surface area contributed by atoms with Gasteiger partial charge in [0.15, 0.2) is 5.78 Å². The molecule has 2 fully saturated rings. The van der Waals surface area contributed by atoms with Crippen LogP contribution < -0.4 is 10.6 Å². The van der Waals surface area contributed by atoms with Gasteiger partial charge in [-0.2, -0.15) is 0 Å². The molecule has 1 aliphatic carbocycles. The molecule has 2 aliphatic rings. The van der Waals surface area contributed by atoms with E-state index in [0.717, 1.165) is 30.2 Å². The number of hydrogen-bond acceptors (Lipinski definition) is 4. The highest BCUT2D eigenvalue weighted by Gasteiger charge is 2.55. The summed E-state index contributed by atoms with van der Waals surface area (Å²) in [6, 6.07) is 3.05. The van der Waals surface area contributed by atoms with Crippen LogP contribution >= 0.6 is 0 Å². The number of benzene rings is 1. The molecule has 1 saturated heterocycles. The largest absolute Gasteiger partial charge is 0.326 e. The van der Waals surface area contributed by atoms with Crippen molar-refractivity contribution >= 4 is 29.3 Å². The highest BCUT2D eigenvalue weighted by Crippen LogP contribution is 2.38. The second-order valence-corrected chi connectivity index (χ2v) is 7.24. The minimum absolute atomic E-state index is 0.0172. The molecule has 144 valence electrons. The van der Waals surface area contributed by atoms with E-state index in [1.807, 2.05) is 6.92 Å². The zero-order valence-corrected chi connectivity index (χ0v) is 15.3. The molecule has 1 heterocycles. The molecule has 3 rings (SSSR count). The van der Waals surface area contributed by atoms with Gasteiger partial charge >= 0.3 is 6.03 Å². The van der Waals surface area contributed by atoms with Crippen LogP contribution in [0.3, 0.4) is 0 Å². The lowest BCUT2D eigenvalue weighted by Gasteiger charge is -2.36. The molecule has 1 aromatic rings. The molecule has 7 nitrogen and oxygen atoms in total. The van der Waals surface area contributed by atoms with Gasteiger partial charge in [-0.05, 0) is 37.0 Å². The van der Waals surface area contributed by atoms with E-state index in [9.17, 15) is 23.6 Å². The number of nitrogens with one attached hydrogen (secondary N) is 2. The number of amides is 4. The number of halogens is 1. The summed E-state index contributed by atoms with van der Waals surface area (Å²) < 4.78 is 14.3. The highest BCUT2D eigenvalue weighted by atomic mass is 19.1. The minimum Gasteiger partial charge on any atom is -0.326 e. The van der Waals surface area contributed by atoms with Crippen molar-refractivity contribution in [1.29, 1.82) is 0 Å². The van der Waals surface area contributed by atoms with Gasteiger partial charge in [0.05, 0.1) is 12.1 Å². The molecule has 1 aliphatic heterocycles. The lowest BCUT2D eigenvalue weighted by Crippen LogP contribution is -2.54. The third-order valence-corrected chi connectivity index (χ3v) is 5.39. The van der Waals surface area contributed by atoms with Crippen LogP contribution in [-0.4, -0.2) is 40.6 Å². The summed E-state index contributed by atoms with van der Waals surface area (Å²) in [4.78, 5) is 49.6. The van der Waals surface area contributed by atoms with E-state index in [-0.39, 0.29) is 23.1 Å². The van der Waals surface area contributed by atoms with Crippen LogP contribution in [0, 0.1) is 11.7 Å². The SMILES string of the molecule is CC(=O)Nc1ccc(C(=O)CN2C(=O)N[C@@]3(CCCC[C@H]3C)C2=O)c(F)c1. The number of hydrogen-bond donors (Lipinski definition) is 2. The zero-order chi connectivity index (χ0) is 19.8. The summed E-state index contributed by atoms with van der Waals surface area (Å²) in [6.45, 7) is 2.69. The summed E-state index contributed by atoms with van der Waals surface area (Å²) >= 11 is 0. The quantitative estimate of drug-likeness (QED) is 0.624. The van der Waals surface area contributed by atoms with Crippen LogP contribution in [0.5, 0.6) is 0 Å². The van der Waals surface area contributed by atoms with Crippen molar-refractivity contribution in [3.05, 3.63) is 29.6 Å². The fourth-order valence-corrected chi connectivity index (χ4v) is 3.89. The molecule has 0 aromatic heterocycles. The lowest BCUT2D eigenvalue weighted by atomic mass is 9.73. The summed E-state index contributed by atoms with van der Waals surface area (Å²) in [7, 11) is 0. The van der Waals surface area contributed by atoms with Gasteiger partial charge in [-0.1, -0.05) is 19.8 Å². The molecule has 0 bridgehead atoms. The van der Waals surface area contributed by atoms with Gasteiger partial charge in [0.1, 0.15) is 11.4 Å². The summed E-state index contributed by atoms with van der Waals surface area (Å²) in [5.74, 6) is -2.29. The molecule has 0 radical (unpaired) electrons. The average molecular weight is 375 g/mol. The van der Waals surface area contributed by atoms with Gasteiger partial charge in [-0.3, -0.25) is 19.3 Å². The Labute approximate surface area is 156 Å². The number of urea groups is 1. The Morgan fingerprint density at radius 3 is 2.70 bits per heavy atom. The number of ketones is 1. The molecule has 1 spiro atoms. The van der Waals surface area contributed by atoms with Gasteiger partial charge in [0.2, 0.25) is 5.91 Å². The zero-order valence-electron chi connectivity index (χ0n) is 15.3. The number of carbonyl (C=O) groups is 4. The van der Waals surface area contributed by atoms with Crippen molar-refractivity contribution in [1.82, 2.24) is 10.2 Å². The second kappa shape index (κ2) is 7.09. The molecular formula is C19H22FN3O4. The molecule has 1 saturated carbocycles. The van der Waals surface area contributed by atoms with Gasteiger partial charge in [0.25, 0.3) is 5.91 Å². The van der Waals surface area contributed by atoms with E-state index in [4.69, 9.17) is 0 Å². The van der Waals surface area contributed by atoms with Crippen LogP contribution in [0.25, 0.3) is 0 Å². The van der Waals surface area contributed by atoms with E-state index in [1.54, 1.807) is 0 Å². The average Bonchev–Trinajstić information content (AvgIpc) is 2.82. The normalized spacial score (nSPS) is 24.9. The van der Waals surface area contributed by atoms with E-state index < -0.39 is 35.6 Å². The van der Waals surface area contributed by atoms with Crippen molar-refractivity contribution < 1.29 is 23.6 Å². The topological polar surface area (TPSA) is 95.6 Å². The highest BCUT2D eigenvalue weighted by molar-refractivity contribution is 6.11. The first-order valence-electron chi connectivity index (χ1n) is 8.99. The molecule has 2 atom stereocenters. The maximum Gasteiger partial charge on any atom is 0.325 e. The van der Waals surface area contributed by atoms with Crippen molar-refractivity contribution in [2.24, 2.45) is 5.92 Å². The van der Waals surface area contributed by atoms with Crippen molar-refractivity contribution in [3.8, 4) is 0 Å². The predicted molar refractivity (Wildman–Crippen MR) is 95.6 cm³/mol. The first-order valence-corrected chi connectivity index (χ1v) is 8.99. The molecule has 4 amide bonds. The first kappa shape index (κ1) is 19.0. The second-order valence-electron chi connectivity index (χ2n) is 7.24. The number of anilines is 1. The van der Waals surface area contributed by atoms with Crippen LogP contribution in [0.2, 0.25) is 0 Å². The van der Waals surface area contributed by atoms with Gasteiger partial charge in [0, 0.05) is 12.6 Å². The Morgan fingerprint density at radius 2 is 2.07 bits per heavy atom. The Hall–Kier alpha value is -2.77. The molecule has 1 aromatic carbocycles. The molecule has 27 heavy (non-hydrogen) atoms. The van der Waals surface area contributed by atoms with Crippen LogP contribution in [0.1, 0.15) is 49.9 Å². The van der Waals surface area contributed by atoms with Crippen molar-refractivity contribution in [3.63, 3.8) is 0 Å². The van der Waals surface area contributed by atoms with Crippen molar-refractivity contribution in [2.45, 2.75) is 45.1 Å². The third kappa shape index (κ3) is 3.43. The Balaban J connectivity index is 1.77. The smallest absolute Gasteiger partial charge is 0.325 e. The monoisotopic (exact) mass is 375 g/mol. The number of carbonyl (C=O) groups excluding carboxylic acids is 4. The fourth-order valence-electron chi connectivity index (χ4n) is 3.89. The molecule has 0 unspecified atom stereocenters. The van der Waals surface area contributed by atoms with E-state index in [2.05, 4.69) is 10.6 Å². The van der Waals surface area contributed by atoms with E-state index in [1.165, 1.54) is 19.1 Å². The third-order valence-electron chi connectivity index (χ3n) is 5.39. The summed E-state index contributed by atoms with van der Waals surface area (Å²) in [5.41, 5.74) is -0.965. The predicted octanol–water partition coefficient (Wildman–Crippen LogP) is 2.47. The Morgan fingerprint density at radius 1 is 1.33 bits per heavy atom. The number of Topliss-reactive ketones (excluding diaryl/α,β-unsaturated/α-hetero) is 1. The van der Waals surface area contributed by atoms with E-state index >= 15 is 0 Å².